The van der Waals surface area contributed by atoms with Gasteiger partial charge in [0.15, 0.2) is 0 Å². The van der Waals surface area contributed by atoms with Gasteiger partial charge in [0.25, 0.3) is 11.8 Å². The van der Waals surface area contributed by atoms with Crippen molar-refractivity contribution in [3.8, 4) is 0 Å². The van der Waals surface area contributed by atoms with Crippen LogP contribution in [0.2, 0.25) is 5.02 Å². The van der Waals surface area contributed by atoms with Crippen LogP contribution in [-0.4, -0.2) is 63.8 Å². The molecule has 40 heavy (non-hydrogen) atoms. The summed E-state index contributed by atoms with van der Waals surface area (Å²) in [6.07, 6.45) is 5.80. The molecule has 9 heteroatoms. The number of hydrogen-bond acceptors (Lipinski definition) is 6. The van der Waals surface area contributed by atoms with Gasteiger partial charge in [0.2, 0.25) is 5.91 Å². The van der Waals surface area contributed by atoms with E-state index in [-0.39, 0.29) is 30.2 Å². The Labute approximate surface area is 238 Å². The summed E-state index contributed by atoms with van der Waals surface area (Å²) in [5.74, 6) is -0.744. The number of aliphatic hydroxyl groups is 1. The Kier molecular flexibility index (Phi) is 7.06. The summed E-state index contributed by atoms with van der Waals surface area (Å²) in [4.78, 5) is 49.5. The lowest BCUT2D eigenvalue weighted by molar-refractivity contribution is -0.140. The second kappa shape index (κ2) is 10.7. The number of imide groups is 1. The fourth-order valence-electron chi connectivity index (χ4n) is 6.20. The lowest BCUT2D eigenvalue weighted by Crippen LogP contribution is -2.50. The van der Waals surface area contributed by atoms with Crippen molar-refractivity contribution in [2.45, 2.75) is 37.8 Å². The minimum Gasteiger partial charge on any atom is -0.385 e. The van der Waals surface area contributed by atoms with Crippen LogP contribution in [0.5, 0.6) is 0 Å². The molecule has 3 aliphatic heterocycles. The Morgan fingerprint density at radius 1 is 0.975 bits per heavy atom. The van der Waals surface area contributed by atoms with E-state index in [2.05, 4.69) is 9.88 Å². The lowest BCUT2D eigenvalue weighted by Gasteiger charge is -2.41. The van der Waals surface area contributed by atoms with Gasteiger partial charge in [-0.3, -0.25) is 24.3 Å². The molecule has 3 amide bonds. The van der Waals surface area contributed by atoms with Crippen LogP contribution in [0, 0.1) is 5.92 Å². The van der Waals surface area contributed by atoms with E-state index in [0.717, 1.165) is 24.0 Å². The number of aromatic nitrogens is 1. The number of carbonyl (C=O) groups excluding carboxylic acids is 3. The number of pyridine rings is 1. The Hall–Kier alpha value is -3.75. The van der Waals surface area contributed by atoms with Crippen molar-refractivity contribution in [1.82, 2.24) is 14.8 Å². The third-order valence-electron chi connectivity index (χ3n) is 8.46. The fourth-order valence-corrected chi connectivity index (χ4v) is 6.32. The highest BCUT2D eigenvalue weighted by molar-refractivity contribution is 6.30. The molecule has 2 saturated heterocycles. The quantitative estimate of drug-likeness (QED) is 0.470. The molecule has 0 saturated carbocycles. The molecule has 4 heterocycles. The average molecular weight is 559 g/mol. The molecule has 206 valence electrons. The molecule has 0 unspecified atom stereocenters. The minimum absolute atomic E-state index is 0.0807. The molecule has 2 aromatic carbocycles. The van der Waals surface area contributed by atoms with Gasteiger partial charge in [-0.05, 0) is 73.2 Å². The number of fused-ring (bicyclic) bond motifs is 1. The summed E-state index contributed by atoms with van der Waals surface area (Å²) in [5, 5.41) is 11.9. The number of nitrogens with zero attached hydrogens (tertiary/aromatic N) is 4. The summed E-state index contributed by atoms with van der Waals surface area (Å²) in [6, 6.07) is 16.2. The zero-order chi connectivity index (χ0) is 27.9. The largest absolute Gasteiger partial charge is 0.385 e. The van der Waals surface area contributed by atoms with E-state index < -0.39 is 5.60 Å². The van der Waals surface area contributed by atoms with Crippen molar-refractivity contribution in [2.24, 2.45) is 5.92 Å². The van der Waals surface area contributed by atoms with Crippen LogP contribution in [0.15, 0.2) is 67.0 Å². The van der Waals surface area contributed by atoms with Crippen molar-refractivity contribution in [3.05, 3.63) is 94.3 Å². The Bertz CT molecular complexity index is 1440. The Morgan fingerprint density at radius 2 is 1.70 bits per heavy atom. The number of benzene rings is 2. The number of piperidine rings is 2. The van der Waals surface area contributed by atoms with E-state index in [1.54, 1.807) is 42.7 Å². The molecule has 3 aromatic rings. The van der Waals surface area contributed by atoms with Gasteiger partial charge in [0.05, 0.1) is 34.9 Å². The maximum atomic E-state index is 13.6. The van der Waals surface area contributed by atoms with E-state index in [1.807, 2.05) is 29.2 Å². The van der Waals surface area contributed by atoms with Crippen molar-refractivity contribution >= 4 is 35.0 Å². The van der Waals surface area contributed by atoms with Gasteiger partial charge in [0.1, 0.15) is 0 Å². The summed E-state index contributed by atoms with van der Waals surface area (Å²) >= 11 is 6.01. The normalized spacial score (nSPS) is 20.6. The minimum atomic E-state index is -0.973. The standard InChI is InChI=1S/C31H31ClN4O4/c32-24-8-6-23(7-9-24)31(40)12-17-34(18-13-31)28(37)22-3-2-16-35(20-22)26-5-1-4-25-27(26)30(39)36(29(25)38)19-21-10-14-33-15-11-21/h1,4-11,14-15,22,40H,2-3,12-13,16-20H2/t22-/m1/s1. The number of halogens is 1. The molecule has 8 nitrogen and oxygen atoms in total. The maximum absolute atomic E-state index is 13.6. The zero-order valence-electron chi connectivity index (χ0n) is 22.1. The van der Waals surface area contributed by atoms with Gasteiger partial charge in [0, 0.05) is 43.6 Å². The van der Waals surface area contributed by atoms with Gasteiger partial charge in [-0.1, -0.05) is 29.8 Å². The monoisotopic (exact) mass is 558 g/mol. The first-order valence-corrected chi connectivity index (χ1v) is 14.1. The fraction of sp³-hybridized carbons (Fsp3) is 0.355. The van der Waals surface area contributed by atoms with Crippen LogP contribution < -0.4 is 4.90 Å². The van der Waals surface area contributed by atoms with Crippen molar-refractivity contribution in [3.63, 3.8) is 0 Å². The molecule has 0 radical (unpaired) electrons. The first-order chi connectivity index (χ1) is 19.3. The van der Waals surface area contributed by atoms with E-state index in [4.69, 9.17) is 11.6 Å². The van der Waals surface area contributed by atoms with Crippen LogP contribution in [0.3, 0.4) is 0 Å². The first kappa shape index (κ1) is 26.5. The SMILES string of the molecule is O=C([C@@H]1CCCN(c2cccc3c2C(=O)N(Cc2ccncc2)C3=O)C1)N1CCC(O)(c2ccc(Cl)cc2)CC1. The number of likely N-dealkylation sites (tertiary alicyclic amines) is 1. The highest BCUT2D eigenvalue weighted by Gasteiger charge is 2.41. The van der Waals surface area contributed by atoms with Crippen molar-refractivity contribution in [2.75, 3.05) is 31.1 Å². The second-order valence-electron chi connectivity index (χ2n) is 10.9. The molecular formula is C31H31ClN4O4. The average Bonchev–Trinajstić information content (AvgIpc) is 3.23. The molecule has 3 aliphatic rings. The molecule has 1 atom stereocenters. The number of rotatable bonds is 5. The van der Waals surface area contributed by atoms with Gasteiger partial charge >= 0.3 is 0 Å². The third kappa shape index (κ3) is 4.86. The van der Waals surface area contributed by atoms with Gasteiger partial charge in [-0.15, -0.1) is 0 Å². The third-order valence-corrected chi connectivity index (χ3v) is 8.71. The van der Waals surface area contributed by atoms with Crippen LogP contribution in [0.1, 0.15) is 57.5 Å². The van der Waals surface area contributed by atoms with E-state index >= 15 is 0 Å². The van der Waals surface area contributed by atoms with Gasteiger partial charge in [-0.2, -0.15) is 0 Å². The molecule has 6 rings (SSSR count). The molecule has 1 aromatic heterocycles. The molecule has 0 spiro atoms. The molecule has 2 fully saturated rings. The molecular weight excluding hydrogens is 528 g/mol. The number of amides is 3. The van der Waals surface area contributed by atoms with Crippen molar-refractivity contribution in [1.29, 1.82) is 0 Å². The van der Waals surface area contributed by atoms with E-state index in [9.17, 15) is 19.5 Å². The summed E-state index contributed by atoms with van der Waals surface area (Å²) in [7, 11) is 0. The van der Waals surface area contributed by atoms with Crippen LogP contribution in [0.25, 0.3) is 0 Å². The molecule has 0 aliphatic carbocycles. The van der Waals surface area contributed by atoms with Crippen LogP contribution in [-0.2, 0) is 16.9 Å². The zero-order valence-corrected chi connectivity index (χ0v) is 22.9. The number of hydrogen-bond donors (Lipinski definition) is 1. The highest BCUT2D eigenvalue weighted by atomic mass is 35.5. The predicted octanol–water partition coefficient (Wildman–Crippen LogP) is 4.26. The molecule has 0 bridgehead atoms. The predicted molar refractivity (Wildman–Crippen MR) is 151 cm³/mol. The van der Waals surface area contributed by atoms with Gasteiger partial charge < -0.3 is 14.9 Å². The Morgan fingerprint density at radius 3 is 2.42 bits per heavy atom. The van der Waals surface area contributed by atoms with Gasteiger partial charge in [-0.25, -0.2) is 0 Å². The maximum Gasteiger partial charge on any atom is 0.263 e. The lowest BCUT2D eigenvalue weighted by atomic mass is 9.84. The van der Waals surface area contributed by atoms with Crippen molar-refractivity contribution < 1.29 is 19.5 Å². The Balaban J connectivity index is 1.15. The smallest absolute Gasteiger partial charge is 0.263 e. The van der Waals surface area contributed by atoms with Crippen LogP contribution >= 0.6 is 11.6 Å². The number of anilines is 1. The summed E-state index contributed by atoms with van der Waals surface area (Å²) in [6.45, 7) is 2.34. The molecule has 1 N–H and O–H groups in total. The topological polar surface area (TPSA) is 94.1 Å². The van der Waals surface area contributed by atoms with E-state index in [0.29, 0.717) is 60.9 Å². The summed E-state index contributed by atoms with van der Waals surface area (Å²) < 4.78 is 0. The number of carbonyl (C=O) groups is 3. The highest BCUT2D eigenvalue weighted by Crippen LogP contribution is 2.37. The van der Waals surface area contributed by atoms with Crippen LogP contribution in [0.4, 0.5) is 5.69 Å². The second-order valence-corrected chi connectivity index (χ2v) is 11.3. The first-order valence-electron chi connectivity index (χ1n) is 13.7. The van der Waals surface area contributed by atoms with E-state index in [1.165, 1.54) is 4.90 Å². The summed E-state index contributed by atoms with van der Waals surface area (Å²) in [5.41, 5.74) is 2.21.